The molecule has 6 heteroatoms. The van der Waals surface area contributed by atoms with Crippen LogP contribution in [0.15, 0.2) is 53.3 Å². The normalized spacial score (nSPS) is 18.5. The summed E-state index contributed by atoms with van der Waals surface area (Å²) in [6.45, 7) is 2.55. The number of para-hydroxylation sites is 1. The molecule has 4 rings (SSSR count). The fourth-order valence-electron chi connectivity index (χ4n) is 3.15. The fourth-order valence-corrected chi connectivity index (χ4v) is 3.15. The minimum Gasteiger partial charge on any atom is -0.371 e. The van der Waals surface area contributed by atoms with E-state index in [0.29, 0.717) is 36.4 Å². The maximum Gasteiger partial charge on any atom is 0.258 e. The molecule has 0 bridgehead atoms. The van der Waals surface area contributed by atoms with E-state index in [1.807, 2.05) is 18.2 Å². The van der Waals surface area contributed by atoms with Gasteiger partial charge in [0.1, 0.15) is 11.6 Å². The molecule has 3 aromatic rings. The number of fused-ring (bicyclic) bond motifs is 1. The topological polar surface area (TPSA) is 58.2 Å². The molecule has 0 radical (unpaired) electrons. The third-order valence-corrected chi connectivity index (χ3v) is 4.43. The zero-order valence-corrected chi connectivity index (χ0v) is 13.6. The van der Waals surface area contributed by atoms with Crippen molar-refractivity contribution in [2.75, 3.05) is 19.7 Å². The van der Waals surface area contributed by atoms with Gasteiger partial charge in [0, 0.05) is 13.1 Å². The van der Waals surface area contributed by atoms with Crippen LogP contribution in [0.25, 0.3) is 10.9 Å². The van der Waals surface area contributed by atoms with Crippen LogP contribution in [0.5, 0.6) is 0 Å². The lowest BCUT2D eigenvalue weighted by molar-refractivity contribution is -0.0336. The molecular weight excluding hydrogens is 321 g/mol. The number of hydrogen-bond donors (Lipinski definition) is 1. The molecule has 0 saturated carbocycles. The average Bonchev–Trinajstić information content (AvgIpc) is 2.63. The van der Waals surface area contributed by atoms with E-state index in [2.05, 4.69) is 14.9 Å². The SMILES string of the molecule is O=c1[nH]c(CN2CCO[C@H](c3ccc(F)cc3)C2)nc2ccccc12. The molecule has 1 saturated heterocycles. The zero-order chi connectivity index (χ0) is 17.2. The van der Waals surface area contributed by atoms with Gasteiger partial charge in [0.25, 0.3) is 5.56 Å². The van der Waals surface area contributed by atoms with Crippen molar-refractivity contribution < 1.29 is 9.13 Å². The lowest BCUT2D eigenvalue weighted by Crippen LogP contribution is -2.38. The number of ether oxygens (including phenoxy) is 1. The summed E-state index contributed by atoms with van der Waals surface area (Å²) in [5.74, 6) is 0.387. The molecule has 0 spiro atoms. The number of nitrogens with one attached hydrogen (secondary N) is 1. The number of rotatable bonds is 3. The van der Waals surface area contributed by atoms with E-state index in [9.17, 15) is 9.18 Å². The first-order chi connectivity index (χ1) is 12.2. The fraction of sp³-hybridized carbons (Fsp3) is 0.263. The number of aromatic nitrogens is 2. The van der Waals surface area contributed by atoms with Crippen LogP contribution in [0.4, 0.5) is 4.39 Å². The Morgan fingerprint density at radius 2 is 2.00 bits per heavy atom. The first kappa shape index (κ1) is 15.9. The third kappa shape index (κ3) is 3.45. The summed E-state index contributed by atoms with van der Waals surface area (Å²) < 4.78 is 18.9. The maximum atomic E-state index is 13.1. The highest BCUT2D eigenvalue weighted by atomic mass is 19.1. The van der Waals surface area contributed by atoms with Crippen LogP contribution >= 0.6 is 0 Å². The number of H-pyrrole nitrogens is 1. The van der Waals surface area contributed by atoms with Crippen molar-refractivity contribution in [2.45, 2.75) is 12.6 Å². The van der Waals surface area contributed by atoms with E-state index in [0.717, 1.165) is 12.1 Å². The van der Waals surface area contributed by atoms with Gasteiger partial charge in [0.2, 0.25) is 0 Å². The number of benzene rings is 2. The number of hydrogen-bond acceptors (Lipinski definition) is 4. The number of morpholine rings is 1. The molecule has 0 unspecified atom stereocenters. The van der Waals surface area contributed by atoms with Gasteiger partial charge in [-0.3, -0.25) is 9.69 Å². The average molecular weight is 339 g/mol. The van der Waals surface area contributed by atoms with Crippen molar-refractivity contribution in [1.29, 1.82) is 0 Å². The van der Waals surface area contributed by atoms with Crippen LogP contribution < -0.4 is 5.56 Å². The van der Waals surface area contributed by atoms with E-state index in [4.69, 9.17) is 4.74 Å². The van der Waals surface area contributed by atoms with E-state index >= 15 is 0 Å². The van der Waals surface area contributed by atoms with Gasteiger partial charge in [0.15, 0.2) is 0 Å². The quantitative estimate of drug-likeness (QED) is 0.797. The van der Waals surface area contributed by atoms with Gasteiger partial charge in [-0.2, -0.15) is 0 Å². The molecule has 5 nitrogen and oxygen atoms in total. The maximum absolute atomic E-state index is 13.1. The first-order valence-corrected chi connectivity index (χ1v) is 8.26. The molecule has 0 amide bonds. The Bertz CT molecular complexity index is 939. The third-order valence-electron chi connectivity index (χ3n) is 4.43. The molecule has 128 valence electrons. The van der Waals surface area contributed by atoms with E-state index < -0.39 is 0 Å². The second kappa shape index (κ2) is 6.74. The Morgan fingerprint density at radius 3 is 2.84 bits per heavy atom. The van der Waals surface area contributed by atoms with Gasteiger partial charge in [0.05, 0.1) is 30.2 Å². The first-order valence-electron chi connectivity index (χ1n) is 8.26. The second-order valence-electron chi connectivity index (χ2n) is 6.18. The summed E-state index contributed by atoms with van der Waals surface area (Å²) in [6, 6.07) is 13.7. The van der Waals surface area contributed by atoms with Crippen molar-refractivity contribution in [3.05, 3.63) is 76.1 Å². The molecule has 1 atom stereocenters. The molecule has 1 N–H and O–H groups in total. The largest absolute Gasteiger partial charge is 0.371 e. The predicted octanol–water partition coefficient (Wildman–Crippen LogP) is 2.64. The Kier molecular flexibility index (Phi) is 4.29. The second-order valence-corrected chi connectivity index (χ2v) is 6.18. The minimum atomic E-state index is -0.255. The van der Waals surface area contributed by atoms with Gasteiger partial charge in [-0.1, -0.05) is 24.3 Å². The molecule has 25 heavy (non-hydrogen) atoms. The summed E-state index contributed by atoms with van der Waals surface area (Å²) in [5, 5.41) is 0.595. The summed E-state index contributed by atoms with van der Waals surface area (Å²) in [6.07, 6.45) is -0.110. The molecule has 1 aromatic heterocycles. The molecule has 1 aliphatic heterocycles. The Hall–Kier alpha value is -2.57. The lowest BCUT2D eigenvalue weighted by atomic mass is 10.1. The number of halogens is 1. The summed E-state index contributed by atoms with van der Waals surface area (Å²) in [7, 11) is 0. The Labute approximate surface area is 144 Å². The molecule has 1 fully saturated rings. The van der Waals surface area contributed by atoms with Gasteiger partial charge in [-0.15, -0.1) is 0 Å². The van der Waals surface area contributed by atoms with Crippen molar-refractivity contribution >= 4 is 10.9 Å². The molecule has 2 aromatic carbocycles. The van der Waals surface area contributed by atoms with Gasteiger partial charge in [-0.05, 0) is 29.8 Å². The van der Waals surface area contributed by atoms with Crippen LogP contribution in [-0.4, -0.2) is 34.6 Å². The Morgan fingerprint density at radius 1 is 1.20 bits per heavy atom. The standard InChI is InChI=1S/C19H18FN3O2/c20-14-7-5-13(6-8-14)17-11-23(9-10-25-17)12-18-21-16-4-2-1-3-15(16)19(24)22-18/h1-8,17H,9-12H2,(H,21,22,24)/t17-/m0/s1. The van der Waals surface area contributed by atoms with Gasteiger partial charge < -0.3 is 9.72 Å². The molecule has 1 aliphatic rings. The van der Waals surface area contributed by atoms with Crippen LogP contribution in [0.1, 0.15) is 17.5 Å². The summed E-state index contributed by atoms with van der Waals surface area (Å²) in [5.41, 5.74) is 1.53. The van der Waals surface area contributed by atoms with Crippen LogP contribution in [-0.2, 0) is 11.3 Å². The smallest absolute Gasteiger partial charge is 0.258 e. The van der Waals surface area contributed by atoms with E-state index in [1.54, 1.807) is 18.2 Å². The highest BCUT2D eigenvalue weighted by Crippen LogP contribution is 2.23. The monoisotopic (exact) mass is 339 g/mol. The van der Waals surface area contributed by atoms with Crippen LogP contribution in [0.2, 0.25) is 0 Å². The molecule has 2 heterocycles. The number of nitrogens with zero attached hydrogens (tertiary/aromatic N) is 2. The summed E-state index contributed by atoms with van der Waals surface area (Å²) >= 11 is 0. The summed E-state index contributed by atoms with van der Waals surface area (Å²) in [4.78, 5) is 21.8. The molecule has 0 aliphatic carbocycles. The van der Waals surface area contributed by atoms with Crippen molar-refractivity contribution in [3.8, 4) is 0 Å². The van der Waals surface area contributed by atoms with Gasteiger partial charge >= 0.3 is 0 Å². The van der Waals surface area contributed by atoms with Crippen molar-refractivity contribution in [3.63, 3.8) is 0 Å². The van der Waals surface area contributed by atoms with Gasteiger partial charge in [-0.25, -0.2) is 9.37 Å². The van der Waals surface area contributed by atoms with Crippen molar-refractivity contribution in [2.24, 2.45) is 0 Å². The Balaban J connectivity index is 1.52. The van der Waals surface area contributed by atoms with Crippen LogP contribution in [0, 0.1) is 5.82 Å². The highest BCUT2D eigenvalue weighted by Gasteiger charge is 2.22. The predicted molar refractivity (Wildman–Crippen MR) is 92.7 cm³/mol. The van der Waals surface area contributed by atoms with E-state index in [1.165, 1.54) is 12.1 Å². The van der Waals surface area contributed by atoms with E-state index in [-0.39, 0.29) is 17.5 Å². The highest BCUT2D eigenvalue weighted by molar-refractivity contribution is 5.77. The molecular formula is C19H18FN3O2. The zero-order valence-electron chi connectivity index (χ0n) is 13.6. The van der Waals surface area contributed by atoms with Crippen LogP contribution in [0.3, 0.4) is 0 Å². The van der Waals surface area contributed by atoms with Crippen molar-refractivity contribution in [1.82, 2.24) is 14.9 Å². The number of aromatic amines is 1. The lowest BCUT2D eigenvalue weighted by Gasteiger charge is -2.32. The minimum absolute atomic E-state index is 0.110.